The van der Waals surface area contributed by atoms with E-state index < -0.39 is 0 Å². The highest BCUT2D eigenvalue weighted by Gasteiger charge is 2.27. The summed E-state index contributed by atoms with van der Waals surface area (Å²) >= 11 is 0. The van der Waals surface area contributed by atoms with E-state index in [-0.39, 0.29) is 23.3 Å². The van der Waals surface area contributed by atoms with Crippen LogP contribution in [-0.2, 0) is 4.79 Å². The van der Waals surface area contributed by atoms with Crippen LogP contribution in [0.15, 0.2) is 0 Å². The zero-order valence-corrected chi connectivity index (χ0v) is 14.2. The topological polar surface area (TPSA) is 52.7 Å². The van der Waals surface area contributed by atoms with E-state index in [1.807, 2.05) is 9.80 Å². The number of piperazine rings is 1. The van der Waals surface area contributed by atoms with Gasteiger partial charge in [0.25, 0.3) is 0 Å². The summed E-state index contributed by atoms with van der Waals surface area (Å²) in [5.74, 6) is 0.376. The van der Waals surface area contributed by atoms with Crippen molar-refractivity contribution in [3.8, 4) is 0 Å². The normalized spacial score (nSPS) is 16.3. The SMILES string of the molecule is CCC(CC)C(=O)N1CCN(C(=O)NCC(C)(C)C)CC1. The summed E-state index contributed by atoms with van der Waals surface area (Å²) in [5, 5.41) is 2.97. The van der Waals surface area contributed by atoms with Gasteiger partial charge in [-0.1, -0.05) is 34.6 Å². The average molecular weight is 297 g/mol. The lowest BCUT2D eigenvalue weighted by Crippen LogP contribution is -2.54. The number of urea groups is 1. The molecule has 3 amide bonds. The molecule has 5 nitrogen and oxygen atoms in total. The van der Waals surface area contributed by atoms with Gasteiger partial charge in [-0.2, -0.15) is 0 Å². The van der Waals surface area contributed by atoms with Crippen molar-refractivity contribution in [2.45, 2.75) is 47.5 Å². The molecule has 0 unspecified atom stereocenters. The van der Waals surface area contributed by atoms with Gasteiger partial charge in [0.1, 0.15) is 0 Å². The molecule has 0 aromatic rings. The Kier molecular flexibility index (Phi) is 6.49. The van der Waals surface area contributed by atoms with Gasteiger partial charge in [-0.25, -0.2) is 4.79 Å². The molecule has 0 aliphatic carbocycles. The van der Waals surface area contributed by atoms with Crippen molar-refractivity contribution in [1.29, 1.82) is 0 Å². The predicted octanol–water partition coefficient (Wildman–Crippen LogP) is 2.32. The molecule has 0 bridgehead atoms. The summed E-state index contributed by atoms with van der Waals surface area (Å²) in [7, 11) is 0. The number of nitrogens with zero attached hydrogens (tertiary/aromatic N) is 2. The summed E-state index contributed by atoms with van der Waals surface area (Å²) < 4.78 is 0. The van der Waals surface area contributed by atoms with Crippen LogP contribution < -0.4 is 5.32 Å². The predicted molar refractivity (Wildman–Crippen MR) is 85.1 cm³/mol. The van der Waals surface area contributed by atoms with Crippen molar-refractivity contribution in [2.24, 2.45) is 11.3 Å². The molecule has 0 radical (unpaired) electrons. The van der Waals surface area contributed by atoms with Crippen LogP contribution in [0.2, 0.25) is 0 Å². The minimum atomic E-state index is -0.0143. The number of rotatable bonds is 4. The minimum Gasteiger partial charge on any atom is -0.339 e. The highest BCUT2D eigenvalue weighted by molar-refractivity contribution is 5.79. The zero-order chi connectivity index (χ0) is 16.0. The molecule has 21 heavy (non-hydrogen) atoms. The third-order valence-electron chi connectivity index (χ3n) is 3.98. The highest BCUT2D eigenvalue weighted by Crippen LogP contribution is 2.14. The van der Waals surface area contributed by atoms with Gasteiger partial charge < -0.3 is 15.1 Å². The number of carbonyl (C=O) groups excluding carboxylic acids is 2. The van der Waals surface area contributed by atoms with Crippen LogP contribution in [-0.4, -0.2) is 54.5 Å². The maximum atomic E-state index is 12.3. The van der Waals surface area contributed by atoms with Crippen molar-refractivity contribution in [3.63, 3.8) is 0 Å². The van der Waals surface area contributed by atoms with Crippen molar-refractivity contribution < 1.29 is 9.59 Å². The molecular weight excluding hydrogens is 266 g/mol. The molecule has 5 heteroatoms. The molecule has 1 saturated heterocycles. The second kappa shape index (κ2) is 7.66. The summed E-state index contributed by atoms with van der Waals surface area (Å²) in [6.07, 6.45) is 1.78. The molecule has 0 aromatic heterocycles. The first-order valence-electron chi connectivity index (χ1n) is 8.10. The standard InChI is InChI=1S/C16H31N3O2/c1-6-13(7-2)14(20)18-8-10-19(11-9-18)15(21)17-12-16(3,4)5/h13H,6-12H2,1-5H3,(H,17,21). The van der Waals surface area contributed by atoms with E-state index in [4.69, 9.17) is 0 Å². The monoisotopic (exact) mass is 297 g/mol. The molecule has 1 fully saturated rings. The Labute approximate surface area is 129 Å². The summed E-state index contributed by atoms with van der Waals surface area (Å²) in [5.41, 5.74) is 0.0862. The van der Waals surface area contributed by atoms with Crippen molar-refractivity contribution in [1.82, 2.24) is 15.1 Å². The lowest BCUT2D eigenvalue weighted by atomic mass is 9.97. The lowest BCUT2D eigenvalue weighted by Gasteiger charge is -2.36. The Morgan fingerprint density at radius 1 is 1.00 bits per heavy atom. The van der Waals surface area contributed by atoms with Gasteiger partial charge in [-0.05, 0) is 18.3 Å². The van der Waals surface area contributed by atoms with Crippen LogP contribution >= 0.6 is 0 Å². The molecule has 122 valence electrons. The molecular formula is C16H31N3O2. The highest BCUT2D eigenvalue weighted by atomic mass is 16.2. The van der Waals surface area contributed by atoms with Gasteiger partial charge in [-0.3, -0.25) is 4.79 Å². The number of amides is 3. The van der Waals surface area contributed by atoms with Crippen LogP contribution in [0.5, 0.6) is 0 Å². The second-order valence-electron chi connectivity index (χ2n) is 7.05. The third kappa shape index (κ3) is 5.56. The molecule has 0 atom stereocenters. The van der Waals surface area contributed by atoms with Gasteiger partial charge in [0.2, 0.25) is 5.91 Å². The Morgan fingerprint density at radius 2 is 1.48 bits per heavy atom. The fourth-order valence-corrected chi connectivity index (χ4v) is 2.48. The van der Waals surface area contributed by atoms with Crippen molar-refractivity contribution >= 4 is 11.9 Å². The van der Waals surface area contributed by atoms with Crippen molar-refractivity contribution in [2.75, 3.05) is 32.7 Å². The molecule has 0 aromatic carbocycles. The van der Waals surface area contributed by atoms with E-state index in [1.54, 1.807) is 0 Å². The Balaban J connectivity index is 2.41. The van der Waals surface area contributed by atoms with E-state index in [9.17, 15) is 9.59 Å². The van der Waals surface area contributed by atoms with Crippen LogP contribution in [0.1, 0.15) is 47.5 Å². The molecule has 0 saturated carbocycles. The first kappa shape index (κ1) is 17.8. The lowest BCUT2D eigenvalue weighted by molar-refractivity contribution is -0.137. The zero-order valence-electron chi connectivity index (χ0n) is 14.2. The molecule has 1 rings (SSSR count). The molecule has 0 spiro atoms. The third-order valence-corrected chi connectivity index (χ3v) is 3.98. The number of hydrogen-bond donors (Lipinski definition) is 1. The van der Waals surface area contributed by atoms with Crippen LogP contribution in [0.4, 0.5) is 4.79 Å². The fourth-order valence-electron chi connectivity index (χ4n) is 2.48. The smallest absolute Gasteiger partial charge is 0.317 e. The minimum absolute atomic E-state index is 0.0143. The van der Waals surface area contributed by atoms with E-state index in [2.05, 4.69) is 39.9 Å². The molecule has 1 N–H and O–H groups in total. The maximum Gasteiger partial charge on any atom is 0.317 e. The van der Waals surface area contributed by atoms with Gasteiger partial charge >= 0.3 is 6.03 Å². The van der Waals surface area contributed by atoms with Gasteiger partial charge in [0, 0.05) is 38.6 Å². The van der Waals surface area contributed by atoms with Crippen LogP contribution in [0.25, 0.3) is 0 Å². The summed E-state index contributed by atoms with van der Waals surface area (Å²) in [6, 6.07) is -0.0143. The average Bonchev–Trinajstić information content (AvgIpc) is 2.45. The molecule has 1 heterocycles. The first-order chi connectivity index (χ1) is 9.78. The Bertz CT molecular complexity index is 351. The van der Waals surface area contributed by atoms with E-state index in [0.29, 0.717) is 32.7 Å². The fraction of sp³-hybridized carbons (Fsp3) is 0.875. The van der Waals surface area contributed by atoms with Gasteiger partial charge in [0.05, 0.1) is 0 Å². The number of hydrogen-bond acceptors (Lipinski definition) is 2. The molecule has 1 aliphatic heterocycles. The first-order valence-corrected chi connectivity index (χ1v) is 8.10. The van der Waals surface area contributed by atoms with Crippen LogP contribution in [0, 0.1) is 11.3 Å². The summed E-state index contributed by atoms with van der Waals surface area (Å²) in [6.45, 7) is 13.6. The number of carbonyl (C=O) groups is 2. The van der Waals surface area contributed by atoms with Crippen molar-refractivity contribution in [3.05, 3.63) is 0 Å². The maximum absolute atomic E-state index is 12.3. The van der Waals surface area contributed by atoms with E-state index in [1.165, 1.54) is 0 Å². The number of nitrogens with one attached hydrogen (secondary N) is 1. The summed E-state index contributed by atoms with van der Waals surface area (Å²) in [4.78, 5) is 28.1. The van der Waals surface area contributed by atoms with Gasteiger partial charge in [0.15, 0.2) is 0 Å². The van der Waals surface area contributed by atoms with Crippen LogP contribution in [0.3, 0.4) is 0 Å². The second-order valence-corrected chi connectivity index (χ2v) is 7.05. The Hall–Kier alpha value is -1.26. The van der Waals surface area contributed by atoms with E-state index in [0.717, 1.165) is 12.8 Å². The Morgan fingerprint density at radius 3 is 1.90 bits per heavy atom. The largest absolute Gasteiger partial charge is 0.339 e. The molecule has 1 aliphatic rings. The quantitative estimate of drug-likeness (QED) is 0.866. The van der Waals surface area contributed by atoms with Gasteiger partial charge in [-0.15, -0.1) is 0 Å². The van der Waals surface area contributed by atoms with E-state index >= 15 is 0 Å².